The Bertz CT molecular complexity index is 544. The number of epoxide rings is 1. The highest BCUT2D eigenvalue weighted by molar-refractivity contribution is 5.13. The molecule has 0 amide bonds. The summed E-state index contributed by atoms with van der Waals surface area (Å²) >= 11 is 0. The van der Waals surface area contributed by atoms with Gasteiger partial charge >= 0.3 is 0 Å². The molecule has 3 fully saturated rings. The van der Waals surface area contributed by atoms with Crippen LogP contribution in [0.25, 0.3) is 0 Å². The molecule has 3 saturated heterocycles. The van der Waals surface area contributed by atoms with Crippen LogP contribution >= 0.6 is 0 Å². The summed E-state index contributed by atoms with van der Waals surface area (Å²) in [6.45, 7) is 6.10. The molecule has 132 valence electrons. The minimum Gasteiger partial charge on any atom is -0.376 e. The van der Waals surface area contributed by atoms with E-state index in [1.165, 1.54) is 0 Å². The van der Waals surface area contributed by atoms with E-state index in [0.29, 0.717) is 19.8 Å². The quantitative estimate of drug-likeness (QED) is 0.709. The molecule has 0 bridgehead atoms. The Balaban J connectivity index is 1.38. The van der Waals surface area contributed by atoms with Crippen LogP contribution in [0.4, 0.5) is 0 Å². The molecule has 3 aliphatic heterocycles. The number of ether oxygens (including phenoxy) is 6. The van der Waals surface area contributed by atoms with E-state index in [0.717, 1.165) is 12.2 Å². The maximum atomic E-state index is 6.14. The zero-order chi connectivity index (χ0) is 16.6. The molecule has 0 aliphatic carbocycles. The molecule has 4 rings (SSSR count). The molecule has 0 aromatic heterocycles. The molecule has 0 unspecified atom stereocenters. The van der Waals surface area contributed by atoms with Gasteiger partial charge in [-0.2, -0.15) is 0 Å². The molecule has 6 heteroatoms. The molecule has 3 aliphatic rings. The number of hydrogen-bond acceptors (Lipinski definition) is 6. The van der Waals surface area contributed by atoms with Gasteiger partial charge in [-0.1, -0.05) is 30.3 Å². The predicted molar refractivity (Wildman–Crippen MR) is 84.3 cm³/mol. The highest BCUT2D eigenvalue weighted by atomic mass is 16.8. The third kappa shape index (κ3) is 3.79. The molecule has 0 N–H and O–H groups in total. The molecule has 0 saturated carbocycles. The van der Waals surface area contributed by atoms with Crippen molar-refractivity contribution in [2.75, 3.05) is 19.8 Å². The van der Waals surface area contributed by atoms with Gasteiger partial charge in [0.15, 0.2) is 12.1 Å². The number of benzene rings is 1. The van der Waals surface area contributed by atoms with Crippen molar-refractivity contribution in [2.45, 2.75) is 56.9 Å². The fraction of sp³-hybridized carbons (Fsp3) is 0.667. The van der Waals surface area contributed by atoms with Crippen molar-refractivity contribution in [1.29, 1.82) is 0 Å². The third-order valence-electron chi connectivity index (χ3n) is 4.36. The maximum absolute atomic E-state index is 6.14. The smallest absolute Gasteiger partial charge is 0.190 e. The molecule has 1 aromatic carbocycles. The normalized spacial score (nSPS) is 36.7. The average Bonchev–Trinajstić information content (AvgIpc) is 3.25. The maximum Gasteiger partial charge on any atom is 0.190 e. The topological polar surface area (TPSA) is 58.7 Å². The lowest BCUT2D eigenvalue weighted by Crippen LogP contribution is -2.39. The van der Waals surface area contributed by atoms with Gasteiger partial charge in [0.05, 0.1) is 26.4 Å². The Hall–Kier alpha value is -1.02. The van der Waals surface area contributed by atoms with Gasteiger partial charge in [-0.3, -0.25) is 0 Å². The van der Waals surface area contributed by atoms with E-state index in [-0.39, 0.29) is 24.4 Å². The summed E-state index contributed by atoms with van der Waals surface area (Å²) in [5.74, 6) is -0.655. The fourth-order valence-corrected chi connectivity index (χ4v) is 3.13. The van der Waals surface area contributed by atoms with Gasteiger partial charge < -0.3 is 28.4 Å². The first-order chi connectivity index (χ1) is 11.6. The van der Waals surface area contributed by atoms with E-state index in [4.69, 9.17) is 28.4 Å². The first-order valence-corrected chi connectivity index (χ1v) is 8.47. The van der Waals surface area contributed by atoms with E-state index < -0.39 is 12.1 Å². The van der Waals surface area contributed by atoms with Crippen LogP contribution < -0.4 is 0 Å². The largest absolute Gasteiger partial charge is 0.376 e. The Morgan fingerprint density at radius 1 is 1.12 bits per heavy atom. The SMILES string of the molecule is CC1(C)O[C@H]2O[C@H](COC[C@H]3CO3)[C@H](OCc3ccccc3)[C@H]2O1. The summed E-state index contributed by atoms with van der Waals surface area (Å²) in [6, 6.07) is 10.1. The van der Waals surface area contributed by atoms with Crippen molar-refractivity contribution in [3.8, 4) is 0 Å². The van der Waals surface area contributed by atoms with E-state index in [1.54, 1.807) is 0 Å². The van der Waals surface area contributed by atoms with Crippen LogP contribution in [0.1, 0.15) is 19.4 Å². The lowest BCUT2D eigenvalue weighted by molar-refractivity contribution is -0.224. The molecule has 6 nitrogen and oxygen atoms in total. The van der Waals surface area contributed by atoms with Gasteiger partial charge in [0.25, 0.3) is 0 Å². The highest BCUT2D eigenvalue weighted by Gasteiger charge is 2.55. The van der Waals surface area contributed by atoms with Gasteiger partial charge in [0.2, 0.25) is 0 Å². The van der Waals surface area contributed by atoms with Gasteiger partial charge in [-0.25, -0.2) is 0 Å². The summed E-state index contributed by atoms with van der Waals surface area (Å²) in [4.78, 5) is 0. The van der Waals surface area contributed by atoms with Crippen molar-refractivity contribution < 1.29 is 28.4 Å². The average molecular weight is 336 g/mol. The fourth-order valence-electron chi connectivity index (χ4n) is 3.13. The van der Waals surface area contributed by atoms with E-state index in [9.17, 15) is 0 Å². The third-order valence-corrected chi connectivity index (χ3v) is 4.36. The van der Waals surface area contributed by atoms with Crippen LogP contribution in [-0.4, -0.2) is 56.3 Å². The Morgan fingerprint density at radius 3 is 2.67 bits per heavy atom. The highest BCUT2D eigenvalue weighted by Crippen LogP contribution is 2.39. The zero-order valence-electron chi connectivity index (χ0n) is 14.1. The summed E-state index contributed by atoms with van der Waals surface area (Å²) < 4.78 is 34.8. The van der Waals surface area contributed by atoms with Crippen LogP contribution in [0.3, 0.4) is 0 Å². The Labute approximate surface area is 141 Å². The van der Waals surface area contributed by atoms with Crippen LogP contribution in [0.5, 0.6) is 0 Å². The van der Waals surface area contributed by atoms with E-state index in [1.807, 2.05) is 44.2 Å². The Kier molecular flexibility index (Phi) is 4.60. The van der Waals surface area contributed by atoms with Crippen molar-refractivity contribution in [1.82, 2.24) is 0 Å². The monoisotopic (exact) mass is 336 g/mol. The van der Waals surface area contributed by atoms with Crippen LogP contribution in [0.15, 0.2) is 30.3 Å². The zero-order valence-corrected chi connectivity index (χ0v) is 14.1. The van der Waals surface area contributed by atoms with Gasteiger partial charge in [0.1, 0.15) is 24.4 Å². The summed E-state index contributed by atoms with van der Waals surface area (Å²) in [5, 5.41) is 0. The molecule has 0 radical (unpaired) electrons. The van der Waals surface area contributed by atoms with Crippen molar-refractivity contribution >= 4 is 0 Å². The molecule has 0 spiro atoms. The molecule has 5 atom stereocenters. The second-order valence-electron chi connectivity index (χ2n) is 6.90. The standard InChI is InChI=1S/C18H24O6/c1-18(2)23-16-15(21-8-12-6-4-3-5-7-12)14(22-17(16)24-18)11-19-9-13-10-20-13/h3-7,13-17H,8-11H2,1-2H3/t13-,14+,15-,16+,17+/m0/s1. The molecule has 3 heterocycles. The van der Waals surface area contributed by atoms with Crippen LogP contribution in [0, 0.1) is 0 Å². The molecule has 1 aromatic rings. The second-order valence-corrected chi connectivity index (χ2v) is 6.90. The second kappa shape index (κ2) is 6.71. The van der Waals surface area contributed by atoms with E-state index in [2.05, 4.69) is 0 Å². The summed E-state index contributed by atoms with van der Waals surface area (Å²) in [6.07, 6.45) is -0.849. The Morgan fingerprint density at radius 2 is 1.92 bits per heavy atom. The van der Waals surface area contributed by atoms with E-state index >= 15 is 0 Å². The van der Waals surface area contributed by atoms with Gasteiger partial charge in [-0.15, -0.1) is 0 Å². The predicted octanol–water partition coefficient (Wildman–Crippen LogP) is 1.86. The van der Waals surface area contributed by atoms with Crippen molar-refractivity contribution in [2.24, 2.45) is 0 Å². The first-order valence-electron chi connectivity index (χ1n) is 8.47. The molecule has 24 heavy (non-hydrogen) atoms. The lowest BCUT2D eigenvalue weighted by atomic mass is 10.1. The summed E-state index contributed by atoms with van der Waals surface area (Å²) in [5.41, 5.74) is 1.12. The molecular weight excluding hydrogens is 312 g/mol. The molecular formula is C18H24O6. The van der Waals surface area contributed by atoms with Crippen molar-refractivity contribution in [3.05, 3.63) is 35.9 Å². The van der Waals surface area contributed by atoms with Crippen LogP contribution in [0.2, 0.25) is 0 Å². The van der Waals surface area contributed by atoms with Crippen molar-refractivity contribution in [3.63, 3.8) is 0 Å². The minimum atomic E-state index is -0.655. The lowest BCUT2D eigenvalue weighted by Gasteiger charge is -2.26. The number of rotatable bonds is 7. The number of fused-ring (bicyclic) bond motifs is 1. The van der Waals surface area contributed by atoms with Crippen LogP contribution in [-0.2, 0) is 35.0 Å². The van der Waals surface area contributed by atoms with Gasteiger partial charge in [-0.05, 0) is 19.4 Å². The minimum absolute atomic E-state index is 0.210. The van der Waals surface area contributed by atoms with Gasteiger partial charge in [0, 0.05) is 0 Å². The first kappa shape index (κ1) is 16.4. The summed E-state index contributed by atoms with van der Waals surface area (Å²) in [7, 11) is 0. The number of hydrogen-bond donors (Lipinski definition) is 0.